The topological polar surface area (TPSA) is 111 Å². The lowest BCUT2D eigenvalue weighted by Gasteiger charge is -2.14. The largest absolute Gasteiger partial charge is 0.490 e. The first-order valence-corrected chi connectivity index (χ1v) is 6.65. The van der Waals surface area contributed by atoms with Crippen molar-refractivity contribution in [3.63, 3.8) is 0 Å². The second-order valence-corrected chi connectivity index (χ2v) is 4.22. The zero-order valence-electron chi connectivity index (χ0n) is 12.1. The third-order valence-electron chi connectivity index (χ3n) is 2.54. The van der Waals surface area contributed by atoms with E-state index in [0.717, 1.165) is 0 Å². The Morgan fingerprint density at radius 2 is 1.86 bits per heavy atom. The van der Waals surface area contributed by atoms with Crippen molar-refractivity contribution in [2.75, 3.05) is 18.5 Å². The number of carbonyl (C=O) groups is 2. The number of hydrogen-bond acceptors (Lipinski definition) is 5. The summed E-state index contributed by atoms with van der Waals surface area (Å²) in [6, 6.07) is 3.82. The summed E-state index contributed by atoms with van der Waals surface area (Å²) in [4.78, 5) is 22.3. The van der Waals surface area contributed by atoms with Crippen LogP contribution < -0.4 is 20.5 Å². The summed E-state index contributed by atoms with van der Waals surface area (Å²) in [5.74, 6) is -0.612. The molecule has 7 heteroatoms. The van der Waals surface area contributed by atoms with Crippen LogP contribution in [0.25, 0.3) is 0 Å². The van der Waals surface area contributed by atoms with Crippen LogP contribution in [0.4, 0.5) is 5.69 Å². The van der Waals surface area contributed by atoms with Crippen LogP contribution in [0.1, 0.15) is 20.3 Å². The molecule has 116 valence electrons. The SMILES string of the molecule is CCOc1ccc(NC(=O)C(N)CC(=O)O)cc1OCC. The fourth-order valence-corrected chi connectivity index (χ4v) is 1.64. The highest BCUT2D eigenvalue weighted by Gasteiger charge is 2.17. The first-order chi connectivity index (χ1) is 9.97. The maximum atomic E-state index is 11.8. The van der Waals surface area contributed by atoms with Gasteiger partial charge in [0, 0.05) is 11.8 Å². The summed E-state index contributed by atoms with van der Waals surface area (Å²) in [6.45, 7) is 4.64. The van der Waals surface area contributed by atoms with Crippen molar-refractivity contribution in [3.05, 3.63) is 18.2 Å². The minimum atomic E-state index is -1.13. The molecule has 0 saturated carbocycles. The monoisotopic (exact) mass is 296 g/mol. The fourth-order valence-electron chi connectivity index (χ4n) is 1.64. The van der Waals surface area contributed by atoms with Gasteiger partial charge >= 0.3 is 5.97 Å². The molecule has 1 atom stereocenters. The molecule has 0 radical (unpaired) electrons. The number of aliphatic carboxylic acids is 1. The van der Waals surface area contributed by atoms with Crippen LogP contribution in [-0.4, -0.2) is 36.2 Å². The molecular formula is C14H20N2O5. The Bertz CT molecular complexity index is 504. The number of hydrogen-bond donors (Lipinski definition) is 3. The van der Waals surface area contributed by atoms with Crippen molar-refractivity contribution in [2.24, 2.45) is 5.73 Å². The standard InChI is InChI=1S/C14H20N2O5/c1-3-20-11-6-5-9(7-12(11)21-4-2)16-14(19)10(15)8-13(17)18/h5-7,10H,3-4,8,15H2,1-2H3,(H,16,19)(H,17,18). The molecule has 4 N–H and O–H groups in total. The number of rotatable bonds is 8. The molecule has 21 heavy (non-hydrogen) atoms. The van der Waals surface area contributed by atoms with Gasteiger partial charge in [-0.15, -0.1) is 0 Å². The van der Waals surface area contributed by atoms with Gasteiger partial charge in [0.1, 0.15) is 0 Å². The van der Waals surface area contributed by atoms with E-state index in [1.807, 2.05) is 13.8 Å². The van der Waals surface area contributed by atoms with Crippen molar-refractivity contribution in [1.82, 2.24) is 0 Å². The van der Waals surface area contributed by atoms with E-state index in [4.69, 9.17) is 20.3 Å². The number of amides is 1. The molecule has 0 saturated heterocycles. The van der Waals surface area contributed by atoms with Gasteiger partial charge in [0.2, 0.25) is 5.91 Å². The second kappa shape index (κ2) is 8.11. The van der Waals surface area contributed by atoms with E-state index in [9.17, 15) is 9.59 Å². The van der Waals surface area contributed by atoms with Gasteiger partial charge in [0.15, 0.2) is 11.5 Å². The van der Waals surface area contributed by atoms with Crippen LogP contribution in [0, 0.1) is 0 Å². The molecule has 1 aromatic rings. The number of carbonyl (C=O) groups excluding carboxylic acids is 1. The normalized spacial score (nSPS) is 11.6. The van der Waals surface area contributed by atoms with Gasteiger partial charge in [-0.1, -0.05) is 0 Å². The predicted octanol–water partition coefficient (Wildman–Crippen LogP) is 1.22. The Kier molecular flexibility index (Phi) is 6.48. The molecule has 0 bridgehead atoms. The Morgan fingerprint density at radius 3 is 2.43 bits per heavy atom. The highest BCUT2D eigenvalue weighted by Crippen LogP contribution is 2.30. The lowest BCUT2D eigenvalue weighted by Crippen LogP contribution is -2.37. The smallest absolute Gasteiger partial charge is 0.305 e. The molecule has 0 spiro atoms. The lowest BCUT2D eigenvalue weighted by atomic mass is 10.2. The molecule has 1 rings (SSSR count). The summed E-state index contributed by atoms with van der Waals surface area (Å²) in [6.07, 6.45) is -0.429. The van der Waals surface area contributed by atoms with Crippen LogP contribution in [0.5, 0.6) is 11.5 Å². The van der Waals surface area contributed by atoms with Gasteiger partial charge in [-0.2, -0.15) is 0 Å². The number of benzene rings is 1. The summed E-state index contributed by atoms with van der Waals surface area (Å²) in [5.41, 5.74) is 5.96. The van der Waals surface area contributed by atoms with Crippen LogP contribution >= 0.6 is 0 Å². The number of nitrogens with two attached hydrogens (primary N) is 1. The van der Waals surface area contributed by atoms with Crippen LogP contribution in [0.15, 0.2) is 18.2 Å². The van der Waals surface area contributed by atoms with Gasteiger partial charge in [0.05, 0.1) is 25.7 Å². The summed E-state index contributed by atoms with van der Waals surface area (Å²) in [7, 11) is 0. The first-order valence-electron chi connectivity index (χ1n) is 6.65. The van der Waals surface area contributed by atoms with Crippen LogP contribution in [-0.2, 0) is 9.59 Å². The van der Waals surface area contributed by atoms with Crippen molar-refractivity contribution >= 4 is 17.6 Å². The molecule has 0 aromatic heterocycles. The maximum absolute atomic E-state index is 11.8. The Morgan fingerprint density at radius 1 is 1.24 bits per heavy atom. The van der Waals surface area contributed by atoms with Crippen molar-refractivity contribution in [1.29, 1.82) is 0 Å². The molecule has 0 aliphatic carbocycles. The molecule has 1 unspecified atom stereocenters. The summed E-state index contributed by atoms with van der Waals surface area (Å²) >= 11 is 0. The fraction of sp³-hybridized carbons (Fsp3) is 0.429. The number of carboxylic acid groups (broad SMARTS) is 1. The average Bonchev–Trinajstić information content (AvgIpc) is 2.41. The van der Waals surface area contributed by atoms with E-state index in [2.05, 4.69) is 5.32 Å². The lowest BCUT2D eigenvalue weighted by molar-refractivity contribution is -0.138. The molecule has 1 aromatic carbocycles. The Balaban J connectivity index is 2.81. The van der Waals surface area contributed by atoms with Gasteiger partial charge in [0.25, 0.3) is 0 Å². The third-order valence-corrected chi connectivity index (χ3v) is 2.54. The van der Waals surface area contributed by atoms with Crippen molar-refractivity contribution in [2.45, 2.75) is 26.3 Å². The minimum Gasteiger partial charge on any atom is -0.490 e. The second-order valence-electron chi connectivity index (χ2n) is 4.22. The summed E-state index contributed by atoms with van der Waals surface area (Å²) in [5, 5.41) is 11.2. The van der Waals surface area contributed by atoms with E-state index in [0.29, 0.717) is 30.4 Å². The van der Waals surface area contributed by atoms with E-state index in [1.54, 1.807) is 18.2 Å². The predicted molar refractivity (Wildman–Crippen MR) is 77.6 cm³/mol. The Hall–Kier alpha value is -2.28. The third kappa shape index (κ3) is 5.31. The van der Waals surface area contributed by atoms with Crippen molar-refractivity contribution in [3.8, 4) is 11.5 Å². The highest BCUT2D eigenvalue weighted by atomic mass is 16.5. The van der Waals surface area contributed by atoms with Gasteiger partial charge in [-0.3, -0.25) is 9.59 Å². The molecule has 0 heterocycles. The molecule has 7 nitrogen and oxygen atoms in total. The van der Waals surface area contributed by atoms with E-state index in [1.165, 1.54) is 0 Å². The van der Waals surface area contributed by atoms with Gasteiger partial charge in [-0.25, -0.2) is 0 Å². The van der Waals surface area contributed by atoms with E-state index >= 15 is 0 Å². The molecule has 0 aliphatic heterocycles. The van der Waals surface area contributed by atoms with Crippen LogP contribution in [0.2, 0.25) is 0 Å². The molecular weight excluding hydrogens is 276 g/mol. The average molecular weight is 296 g/mol. The van der Waals surface area contributed by atoms with E-state index in [-0.39, 0.29) is 0 Å². The summed E-state index contributed by atoms with van der Waals surface area (Å²) < 4.78 is 10.8. The number of carboxylic acids is 1. The number of ether oxygens (including phenoxy) is 2. The zero-order chi connectivity index (χ0) is 15.8. The quantitative estimate of drug-likeness (QED) is 0.665. The van der Waals surface area contributed by atoms with Gasteiger partial charge < -0.3 is 25.6 Å². The molecule has 0 fully saturated rings. The van der Waals surface area contributed by atoms with Crippen molar-refractivity contribution < 1.29 is 24.2 Å². The Labute approximate surface area is 123 Å². The first kappa shape index (κ1) is 16.8. The minimum absolute atomic E-state index is 0.429. The molecule has 1 amide bonds. The zero-order valence-corrected chi connectivity index (χ0v) is 12.1. The van der Waals surface area contributed by atoms with Crippen LogP contribution in [0.3, 0.4) is 0 Å². The van der Waals surface area contributed by atoms with Gasteiger partial charge in [-0.05, 0) is 26.0 Å². The molecule has 0 aliphatic rings. The maximum Gasteiger partial charge on any atom is 0.305 e. The number of anilines is 1. The van der Waals surface area contributed by atoms with E-state index < -0.39 is 24.3 Å². The highest BCUT2D eigenvalue weighted by molar-refractivity contribution is 5.96. The number of nitrogens with one attached hydrogen (secondary N) is 1.